The van der Waals surface area contributed by atoms with E-state index in [4.69, 9.17) is 11.6 Å². The summed E-state index contributed by atoms with van der Waals surface area (Å²) in [6.07, 6.45) is 1.12. The van der Waals surface area contributed by atoms with E-state index in [1.807, 2.05) is 0 Å². The zero-order valence-electron chi connectivity index (χ0n) is 11.4. The molecule has 0 amide bonds. The highest BCUT2D eigenvalue weighted by Gasteiger charge is 2.15. The summed E-state index contributed by atoms with van der Waals surface area (Å²) in [5, 5.41) is -0.259. The standard InChI is InChI=1S/C16H12ClFO3S/c17-15(16(19)12-5-4-6-13(18)11-12)9-10-22(20,21)14-7-2-1-3-8-14/h1-9,11H,10H2/b15-9-. The molecule has 6 heteroatoms. The van der Waals surface area contributed by atoms with Crippen LogP contribution in [0.3, 0.4) is 0 Å². The van der Waals surface area contributed by atoms with Crippen molar-refractivity contribution in [1.82, 2.24) is 0 Å². The summed E-state index contributed by atoms with van der Waals surface area (Å²) in [6.45, 7) is 0. The SMILES string of the molecule is O=C(/C(Cl)=C/CS(=O)(=O)c1ccccc1)c1cccc(F)c1. The molecule has 0 heterocycles. The molecule has 0 fully saturated rings. The van der Waals surface area contributed by atoms with Gasteiger partial charge in [0, 0.05) is 5.56 Å². The maximum atomic E-state index is 13.1. The Morgan fingerprint density at radius 2 is 1.77 bits per heavy atom. The number of carbonyl (C=O) groups is 1. The second-order valence-corrected chi connectivity index (χ2v) is 6.93. The zero-order chi connectivity index (χ0) is 16.2. The van der Waals surface area contributed by atoms with Crippen molar-refractivity contribution in [2.24, 2.45) is 0 Å². The third-order valence-corrected chi connectivity index (χ3v) is 4.81. The average molecular weight is 339 g/mol. The van der Waals surface area contributed by atoms with Crippen LogP contribution in [0, 0.1) is 5.82 Å². The van der Waals surface area contributed by atoms with E-state index in [2.05, 4.69) is 0 Å². The van der Waals surface area contributed by atoms with E-state index < -0.39 is 27.2 Å². The molecular formula is C16H12ClFO3S. The minimum absolute atomic E-state index is 0.0679. The third kappa shape index (κ3) is 4.02. The molecule has 22 heavy (non-hydrogen) atoms. The van der Waals surface area contributed by atoms with Crippen LogP contribution >= 0.6 is 11.6 Å². The topological polar surface area (TPSA) is 51.2 Å². The Morgan fingerprint density at radius 3 is 2.41 bits per heavy atom. The van der Waals surface area contributed by atoms with Crippen LogP contribution in [0.25, 0.3) is 0 Å². The summed E-state index contributed by atoms with van der Waals surface area (Å²) in [6, 6.07) is 12.9. The Bertz CT molecular complexity index is 814. The highest BCUT2D eigenvalue weighted by Crippen LogP contribution is 2.16. The van der Waals surface area contributed by atoms with Gasteiger partial charge in [-0.15, -0.1) is 0 Å². The molecule has 0 unspecified atom stereocenters. The molecule has 0 spiro atoms. The molecule has 0 N–H and O–H groups in total. The van der Waals surface area contributed by atoms with Crippen molar-refractivity contribution < 1.29 is 17.6 Å². The molecule has 3 nitrogen and oxygen atoms in total. The van der Waals surface area contributed by atoms with Gasteiger partial charge in [0.2, 0.25) is 5.78 Å². The smallest absolute Gasteiger partial charge is 0.204 e. The number of Topliss-reactive ketones (excluding diaryl/α,β-unsaturated/α-hetero) is 1. The maximum absolute atomic E-state index is 13.1. The van der Waals surface area contributed by atoms with Gasteiger partial charge in [-0.25, -0.2) is 12.8 Å². The fourth-order valence-corrected chi connectivity index (χ4v) is 3.20. The van der Waals surface area contributed by atoms with Crippen LogP contribution < -0.4 is 0 Å². The Hall–Kier alpha value is -1.98. The fraction of sp³-hybridized carbons (Fsp3) is 0.0625. The minimum Gasteiger partial charge on any atom is -0.288 e. The summed E-state index contributed by atoms with van der Waals surface area (Å²) in [5.41, 5.74) is 0.0679. The Morgan fingerprint density at radius 1 is 1.09 bits per heavy atom. The molecule has 0 aliphatic heterocycles. The molecule has 0 aliphatic carbocycles. The van der Waals surface area contributed by atoms with Gasteiger partial charge in [0.25, 0.3) is 0 Å². The summed E-state index contributed by atoms with van der Waals surface area (Å²) < 4.78 is 37.2. The Labute approximate surface area is 133 Å². The van der Waals surface area contributed by atoms with E-state index in [0.717, 1.165) is 12.1 Å². The van der Waals surface area contributed by atoms with E-state index in [0.29, 0.717) is 0 Å². The Kier molecular flexibility index (Phi) is 5.11. The fourth-order valence-electron chi connectivity index (χ4n) is 1.77. The van der Waals surface area contributed by atoms with E-state index >= 15 is 0 Å². The second-order valence-electron chi connectivity index (χ2n) is 4.49. The minimum atomic E-state index is -3.57. The van der Waals surface area contributed by atoms with E-state index in [-0.39, 0.29) is 15.5 Å². The molecule has 0 aliphatic rings. The molecule has 0 saturated heterocycles. The largest absolute Gasteiger partial charge is 0.288 e. The van der Waals surface area contributed by atoms with E-state index in [1.54, 1.807) is 18.2 Å². The van der Waals surface area contributed by atoms with Crippen molar-refractivity contribution >= 4 is 27.2 Å². The predicted octanol–water partition coefficient (Wildman–Crippen LogP) is 3.61. The van der Waals surface area contributed by atoms with Crippen molar-refractivity contribution in [2.75, 3.05) is 5.75 Å². The number of halogens is 2. The van der Waals surface area contributed by atoms with Gasteiger partial charge in [-0.3, -0.25) is 4.79 Å². The summed E-state index contributed by atoms with van der Waals surface area (Å²) in [5.74, 6) is -1.59. The Balaban J connectivity index is 2.18. The molecule has 0 saturated carbocycles. The monoisotopic (exact) mass is 338 g/mol. The molecule has 2 aromatic carbocycles. The lowest BCUT2D eigenvalue weighted by Crippen LogP contribution is -2.07. The number of allylic oxidation sites excluding steroid dienone is 1. The number of benzene rings is 2. The molecular weight excluding hydrogens is 327 g/mol. The molecule has 0 radical (unpaired) electrons. The third-order valence-electron chi connectivity index (χ3n) is 2.89. The number of hydrogen-bond acceptors (Lipinski definition) is 3. The van der Waals surface area contributed by atoms with Gasteiger partial charge >= 0.3 is 0 Å². The van der Waals surface area contributed by atoms with Gasteiger partial charge in [0.15, 0.2) is 9.84 Å². The average Bonchev–Trinajstić information content (AvgIpc) is 2.53. The first kappa shape index (κ1) is 16.4. The van der Waals surface area contributed by atoms with Crippen LogP contribution in [0.1, 0.15) is 10.4 Å². The lowest BCUT2D eigenvalue weighted by atomic mass is 10.1. The maximum Gasteiger partial charge on any atom is 0.204 e. The number of carbonyl (C=O) groups excluding carboxylic acids is 1. The van der Waals surface area contributed by atoms with Crippen LogP contribution in [-0.4, -0.2) is 20.0 Å². The quantitative estimate of drug-likeness (QED) is 0.618. The van der Waals surface area contributed by atoms with Crippen molar-refractivity contribution in [3.8, 4) is 0 Å². The lowest BCUT2D eigenvalue weighted by Gasteiger charge is -2.02. The van der Waals surface area contributed by atoms with Gasteiger partial charge in [-0.1, -0.05) is 41.9 Å². The van der Waals surface area contributed by atoms with Gasteiger partial charge in [-0.2, -0.15) is 0 Å². The lowest BCUT2D eigenvalue weighted by molar-refractivity contribution is 0.104. The number of hydrogen-bond donors (Lipinski definition) is 0. The number of sulfone groups is 1. The van der Waals surface area contributed by atoms with Crippen molar-refractivity contribution in [3.05, 3.63) is 77.1 Å². The van der Waals surface area contributed by atoms with E-state index in [9.17, 15) is 17.6 Å². The first-order chi connectivity index (χ1) is 10.4. The molecule has 0 bridgehead atoms. The molecule has 0 atom stereocenters. The van der Waals surface area contributed by atoms with Crippen LogP contribution in [0.4, 0.5) is 4.39 Å². The molecule has 2 rings (SSSR count). The summed E-state index contributed by atoms with van der Waals surface area (Å²) in [7, 11) is -3.57. The van der Waals surface area contributed by atoms with Crippen LogP contribution in [0.5, 0.6) is 0 Å². The molecule has 0 aromatic heterocycles. The zero-order valence-corrected chi connectivity index (χ0v) is 12.9. The molecule has 114 valence electrons. The highest BCUT2D eigenvalue weighted by molar-refractivity contribution is 7.91. The number of rotatable bonds is 5. The first-order valence-electron chi connectivity index (χ1n) is 6.34. The van der Waals surface area contributed by atoms with E-state index in [1.165, 1.54) is 30.3 Å². The van der Waals surface area contributed by atoms with Gasteiger partial charge in [0.1, 0.15) is 5.82 Å². The van der Waals surface area contributed by atoms with Crippen molar-refractivity contribution in [3.63, 3.8) is 0 Å². The van der Waals surface area contributed by atoms with Gasteiger partial charge < -0.3 is 0 Å². The summed E-state index contributed by atoms with van der Waals surface area (Å²) >= 11 is 5.84. The number of ketones is 1. The van der Waals surface area contributed by atoms with Crippen molar-refractivity contribution in [2.45, 2.75) is 4.90 Å². The highest BCUT2D eigenvalue weighted by atomic mass is 35.5. The second kappa shape index (κ2) is 6.85. The first-order valence-corrected chi connectivity index (χ1v) is 8.37. The normalized spacial score (nSPS) is 12.2. The predicted molar refractivity (Wildman–Crippen MR) is 83.2 cm³/mol. The van der Waals surface area contributed by atoms with Crippen LogP contribution in [-0.2, 0) is 9.84 Å². The van der Waals surface area contributed by atoms with Crippen LogP contribution in [0.15, 0.2) is 70.6 Å². The van der Waals surface area contributed by atoms with Crippen LogP contribution in [0.2, 0.25) is 0 Å². The molecule has 2 aromatic rings. The van der Waals surface area contributed by atoms with Gasteiger partial charge in [-0.05, 0) is 30.3 Å². The van der Waals surface area contributed by atoms with Gasteiger partial charge in [0.05, 0.1) is 15.7 Å². The van der Waals surface area contributed by atoms with Crippen molar-refractivity contribution in [1.29, 1.82) is 0 Å². The summed E-state index contributed by atoms with van der Waals surface area (Å²) in [4.78, 5) is 12.1.